The van der Waals surface area contributed by atoms with Crippen LogP contribution in [0.1, 0.15) is 40.1 Å². The fourth-order valence-electron chi connectivity index (χ4n) is 3.00. The van der Waals surface area contributed by atoms with Crippen LogP contribution in [0, 0.1) is 6.92 Å². The maximum atomic E-state index is 12.6. The molecule has 0 aliphatic heterocycles. The summed E-state index contributed by atoms with van der Waals surface area (Å²) in [7, 11) is 0. The maximum Gasteiger partial charge on any atom is 0.350 e. The van der Waals surface area contributed by atoms with Gasteiger partial charge in [-0.15, -0.1) is 16.4 Å². The fourth-order valence-corrected chi connectivity index (χ4v) is 4.22. The summed E-state index contributed by atoms with van der Waals surface area (Å²) in [4.78, 5) is 22.1. The van der Waals surface area contributed by atoms with Crippen LogP contribution >= 0.6 is 27.3 Å². The third-order valence-electron chi connectivity index (χ3n) is 4.53. The van der Waals surface area contributed by atoms with E-state index in [9.17, 15) is 4.79 Å². The van der Waals surface area contributed by atoms with Crippen LogP contribution in [0.4, 0.5) is 0 Å². The van der Waals surface area contributed by atoms with Gasteiger partial charge in [0, 0.05) is 21.9 Å². The zero-order valence-corrected chi connectivity index (χ0v) is 19.5. The van der Waals surface area contributed by atoms with E-state index in [2.05, 4.69) is 43.1 Å². The van der Waals surface area contributed by atoms with Crippen LogP contribution in [0.2, 0.25) is 0 Å². The first-order chi connectivity index (χ1) is 15.0. The lowest BCUT2D eigenvalue weighted by Gasteiger charge is -2.01. The molecule has 0 saturated heterocycles. The van der Waals surface area contributed by atoms with Gasteiger partial charge in [0.1, 0.15) is 22.2 Å². The molecular formula is C22H20BrN5O2S. The number of carbonyl (C=O) groups excluding carboxylic acids is 1. The van der Waals surface area contributed by atoms with Crippen molar-refractivity contribution in [2.45, 2.75) is 33.3 Å². The molecule has 0 unspecified atom stereocenters. The van der Waals surface area contributed by atoms with Gasteiger partial charge < -0.3 is 4.74 Å². The highest BCUT2D eigenvalue weighted by Gasteiger charge is 2.18. The number of halogens is 1. The summed E-state index contributed by atoms with van der Waals surface area (Å²) in [5.41, 5.74) is 4.07. The summed E-state index contributed by atoms with van der Waals surface area (Å²) >= 11 is 4.74. The minimum Gasteiger partial charge on any atom is -0.455 e. The molecule has 1 aromatic carbocycles. The molecule has 7 nitrogen and oxygen atoms in total. The van der Waals surface area contributed by atoms with Crippen molar-refractivity contribution in [1.29, 1.82) is 0 Å². The summed E-state index contributed by atoms with van der Waals surface area (Å²) in [5, 5.41) is 8.97. The van der Waals surface area contributed by atoms with E-state index in [0.717, 1.165) is 39.3 Å². The van der Waals surface area contributed by atoms with Crippen molar-refractivity contribution in [2.24, 2.45) is 0 Å². The van der Waals surface area contributed by atoms with E-state index < -0.39 is 5.97 Å². The molecule has 4 aromatic rings. The SMILES string of the molecule is CCCc1cc(-c2nc(C)c(C(=O)OCc3cn(-c4ccc(Br)cc4)nn3)s2)ccn1. The van der Waals surface area contributed by atoms with E-state index in [1.165, 1.54) is 11.3 Å². The Labute approximate surface area is 192 Å². The van der Waals surface area contributed by atoms with Gasteiger partial charge in [-0.05, 0) is 49.7 Å². The molecule has 4 rings (SSSR count). The standard InChI is InChI=1S/C22H20BrN5O2S/c1-3-4-17-11-15(9-10-24-17)21-25-14(2)20(31-21)22(29)30-13-18-12-28(27-26-18)19-7-5-16(23)6-8-19/h5-12H,3-4,13H2,1-2H3. The van der Waals surface area contributed by atoms with Crippen molar-refractivity contribution >= 4 is 33.2 Å². The number of carbonyl (C=O) groups is 1. The quantitative estimate of drug-likeness (QED) is 0.327. The van der Waals surface area contributed by atoms with Crippen LogP contribution < -0.4 is 0 Å². The Bertz CT molecular complexity index is 1200. The van der Waals surface area contributed by atoms with E-state index >= 15 is 0 Å². The molecule has 0 radical (unpaired) electrons. The van der Waals surface area contributed by atoms with Gasteiger partial charge in [0.05, 0.1) is 17.6 Å². The monoisotopic (exact) mass is 497 g/mol. The van der Waals surface area contributed by atoms with E-state index in [1.54, 1.807) is 17.1 Å². The number of hydrogen-bond donors (Lipinski definition) is 0. The molecule has 3 heterocycles. The average Bonchev–Trinajstić information content (AvgIpc) is 3.40. The Morgan fingerprint density at radius 2 is 2.00 bits per heavy atom. The van der Waals surface area contributed by atoms with Gasteiger partial charge >= 0.3 is 5.97 Å². The smallest absolute Gasteiger partial charge is 0.350 e. The van der Waals surface area contributed by atoms with Crippen molar-refractivity contribution in [3.8, 4) is 16.3 Å². The highest BCUT2D eigenvalue weighted by Crippen LogP contribution is 2.29. The van der Waals surface area contributed by atoms with Gasteiger partial charge in [0.2, 0.25) is 0 Å². The summed E-state index contributed by atoms with van der Waals surface area (Å²) < 4.78 is 8.10. The lowest BCUT2D eigenvalue weighted by Crippen LogP contribution is -2.05. The number of benzene rings is 1. The minimum atomic E-state index is -0.415. The predicted octanol–water partition coefficient (Wildman–Crippen LogP) is 5.17. The van der Waals surface area contributed by atoms with Crippen LogP contribution in [0.5, 0.6) is 0 Å². The molecule has 0 amide bonds. The zero-order chi connectivity index (χ0) is 21.8. The second-order valence-electron chi connectivity index (χ2n) is 6.93. The first-order valence-corrected chi connectivity index (χ1v) is 11.4. The lowest BCUT2D eigenvalue weighted by molar-refractivity contribution is 0.0472. The first-order valence-electron chi connectivity index (χ1n) is 9.80. The molecule has 158 valence electrons. The van der Waals surface area contributed by atoms with Gasteiger partial charge in [-0.3, -0.25) is 4.98 Å². The highest BCUT2D eigenvalue weighted by molar-refractivity contribution is 9.10. The van der Waals surface area contributed by atoms with Crippen LogP contribution in [0.3, 0.4) is 0 Å². The Hall–Kier alpha value is -2.91. The van der Waals surface area contributed by atoms with Crippen LogP contribution in [0.25, 0.3) is 16.3 Å². The molecule has 0 atom stereocenters. The maximum absolute atomic E-state index is 12.6. The Balaban J connectivity index is 1.44. The largest absolute Gasteiger partial charge is 0.455 e. The fraction of sp³-hybridized carbons (Fsp3) is 0.227. The molecule has 0 N–H and O–H groups in total. The third kappa shape index (κ3) is 5.05. The molecule has 31 heavy (non-hydrogen) atoms. The van der Waals surface area contributed by atoms with Crippen LogP contribution in [-0.2, 0) is 17.8 Å². The zero-order valence-electron chi connectivity index (χ0n) is 17.1. The van der Waals surface area contributed by atoms with Crippen molar-refractivity contribution in [1.82, 2.24) is 25.0 Å². The Morgan fingerprint density at radius 1 is 1.19 bits per heavy atom. The number of ether oxygens (including phenoxy) is 1. The van der Waals surface area contributed by atoms with Crippen molar-refractivity contribution in [3.63, 3.8) is 0 Å². The molecule has 0 saturated carbocycles. The second kappa shape index (κ2) is 9.49. The summed E-state index contributed by atoms with van der Waals surface area (Å²) in [6.07, 6.45) is 5.46. The van der Waals surface area contributed by atoms with Crippen molar-refractivity contribution in [2.75, 3.05) is 0 Å². The normalized spacial score (nSPS) is 10.9. The van der Waals surface area contributed by atoms with Gasteiger partial charge in [-0.25, -0.2) is 14.5 Å². The molecule has 0 aliphatic carbocycles. The number of rotatable bonds is 7. The molecule has 0 aliphatic rings. The van der Waals surface area contributed by atoms with Crippen molar-refractivity contribution < 1.29 is 9.53 Å². The van der Waals surface area contributed by atoms with Crippen LogP contribution in [-0.4, -0.2) is 30.9 Å². The highest BCUT2D eigenvalue weighted by atomic mass is 79.9. The summed E-state index contributed by atoms with van der Waals surface area (Å²) in [6, 6.07) is 11.6. The molecule has 0 bridgehead atoms. The summed E-state index contributed by atoms with van der Waals surface area (Å²) in [6.45, 7) is 3.97. The van der Waals surface area contributed by atoms with E-state index in [-0.39, 0.29) is 6.61 Å². The van der Waals surface area contributed by atoms with Crippen LogP contribution in [0.15, 0.2) is 53.3 Å². The molecule has 0 spiro atoms. The molecule has 0 fully saturated rings. The number of esters is 1. The van der Waals surface area contributed by atoms with Gasteiger partial charge in [-0.2, -0.15) is 0 Å². The Morgan fingerprint density at radius 3 is 2.77 bits per heavy atom. The Kier molecular flexibility index (Phi) is 6.53. The number of hydrogen-bond acceptors (Lipinski definition) is 7. The molecule has 3 aromatic heterocycles. The topological polar surface area (TPSA) is 82.8 Å². The number of aryl methyl sites for hydroxylation is 2. The predicted molar refractivity (Wildman–Crippen MR) is 122 cm³/mol. The van der Waals surface area contributed by atoms with Gasteiger partial charge in [0.15, 0.2) is 0 Å². The van der Waals surface area contributed by atoms with E-state index in [1.807, 2.05) is 43.3 Å². The van der Waals surface area contributed by atoms with Gasteiger partial charge in [-0.1, -0.05) is 34.5 Å². The molecular weight excluding hydrogens is 478 g/mol. The van der Waals surface area contributed by atoms with Gasteiger partial charge in [0.25, 0.3) is 0 Å². The first kappa shape index (κ1) is 21.3. The van der Waals surface area contributed by atoms with E-state index in [4.69, 9.17) is 4.74 Å². The number of nitrogens with zero attached hydrogens (tertiary/aromatic N) is 5. The number of pyridine rings is 1. The van der Waals surface area contributed by atoms with Crippen molar-refractivity contribution in [3.05, 3.63) is 75.2 Å². The third-order valence-corrected chi connectivity index (χ3v) is 6.25. The second-order valence-corrected chi connectivity index (χ2v) is 8.84. The number of aromatic nitrogens is 5. The van der Waals surface area contributed by atoms with E-state index in [0.29, 0.717) is 16.3 Å². The number of thiazole rings is 1. The summed E-state index contributed by atoms with van der Waals surface area (Å²) in [5.74, 6) is -0.415. The lowest BCUT2D eigenvalue weighted by atomic mass is 10.2. The minimum absolute atomic E-state index is 0.0396. The average molecular weight is 498 g/mol. The molecule has 9 heteroatoms.